The molecule has 4 nitrogen and oxygen atoms in total. The zero-order chi connectivity index (χ0) is 13.1. The summed E-state index contributed by atoms with van der Waals surface area (Å²) in [7, 11) is 1.66. The highest BCUT2D eigenvalue weighted by Gasteiger charge is 2.07. The molecule has 0 atom stereocenters. The van der Waals surface area contributed by atoms with E-state index in [4.69, 9.17) is 0 Å². The van der Waals surface area contributed by atoms with Gasteiger partial charge in [-0.15, -0.1) is 0 Å². The van der Waals surface area contributed by atoms with E-state index in [1.165, 1.54) is 9.13 Å². The van der Waals surface area contributed by atoms with Gasteiger partial charge in [0.1, 0.15) is 0 Å². The molecule has 5 heteroatoms. The highest BCUT2D eigenvalue weighted by Crippen LogP contribution is 2.00. The maximum atomic E-state index is 11.9. The molecule has 0 aliphatic carbocycles. The molecule has 1 heterocycles. The molecule has 1 aromatic carbocycles. The molecule has 2 rings (SSSR count). The summed E-state index contributed by atoms with van der Waals surface area (Å²) in [5, 5.41) is 0. The molecule has 0 spiro atoms. The van der Waals surface area contributed by atoms with Crippen LogP contribution in [-0.4, -0.2) is 9.13 Å². The molecule has 0 saturated heterocycles. The van der Waals surface area contributed by atoms with Gasteiger partial charge in [0.2, 0.25) is 0 Å². The Morgan fingerprint density at radius 3 is 2.50 bits per heavy atom. The Labute approximate surface area is 118 Å². The maximum Gasteiger partial charge on any atom is 0.330 e. The first-order valence-corrected chi connectivity index (χ1v) is 6.67. The van der Waals surface area contributed by atoms with E-state index in [-0.39, 0.29) is 11.2 Å². The van der Waals surface area contributed by atoms with Crippen molar-refractivity contribution in [2.24, 2.45) is 7.05 Å². The van der Waals surface area contributed by atoms with Crippen molar-refractivity contribution in [2.75, 3.05) is 0 Å². The van der Waals surface area contributed by atoms with Gasteiger partial charge in [-0.25, -0.2) is 4.79 Å². The second kappa shape index (κ2) is 5.51. The number of rotatable bonds is 3. The zero-order valence-corrected chi connectivity index (χ0v) is 12.1. The van der Waals surface area contributed by atoms with Crippen LogP contribution < -0.4 is 11.2 Å². The predicted octanol–water partition coefficient (Wildman–Crippen LogP) is 1.39. The molecule has 94 valence electrons. The molecule has 0 bridgehead atoms. The minimum atomic E-state index is -0.267. The summed E-state index contributed by atoms with van der Waals surface area (Å²) in [5.74, 6) is 0. The number of aromatic nitrogens is 2. The largest absolute Gasteiger partial charge is 0.330 e. The summed E-state index contributed by atoms with van der Waals surface area (Å²) in [4.78, 5) is 23.8. The van der Waals surface area contributed by atoms with Crippen LogP contribution in [0.4, 0.5) is 0 Å². The van der Waals surface area contributed by atoms with Crippen LogP contribution in [0.3, 0.4) is 0 Å². The van der Waals surface area contributed by atoms with Crippen molar-refractivity contribution in [3.63, 3.8) is 0 Å². The first-order chi connectivity index (χ1) is 8.59. The van der Waals surface area contributed by atoms with Crippen molar-refractivity contribution in [1.29, 1.82) is 0 Å². The Balaban J connectivity index is 2.30. The average molecular weight is 356 g/mol. The molecule has 0 aliphatic heterocycles. The monoisotopic (exact) mass is 356 g/mol. The van der Waals surface area contributed by atoms with E-state index in [0.717, 1.165) is 5.56 Å². The Kier molecular flexibility index (Phi) is 4.00. The summed E-state index contributed by atoms with van der Waals surface area (Å²) in [5.41, 5.74) is 0.635. The Bertz CT molecular complexity index is 625. The fourth-order valence-electron chi connectivity index (χ4n) is 1.77. The predicted molar refractivity (Wildman–Crippen MR) is 78.8 cm³/mol. The first-order valence-electron chi connectivity index (χ1n) is 5.59. The number of halogens is 1. The zero-order valence-electron chi connectivity index (χ0n) is 9.97. The van der Waals surface area contributed by atoms with E-state index in [1.807, 2.05) is 52.9 Å². The number of benzene rings is 1. The van der Waals surface area contributed by atoms with Crippen LogP contribution in [0.2, 0.25) is 0 Å². The highest BCUT2D eigenvalue weighted by atomic mass is 127. The summed E-state index contributed by atoms with van der Waals surface area (Å²) < 4.78 is 3.28. The van der Waals surface area contributed by atoms with E-state index >= 15 is 0 Å². The third-order valence-electron chi connectivity index (χ3n) is 2.76. The van der Waals surface area contributed by atoms with Crippen LogP contribution >= 0.6 is 22.6 Å². The summed E-state index contributed by atoms with van der Waals surface area (Å²) >= 11 is 1.95. The van der Waals surface area contributed by atoms with Crippen molar-refractivity contribution >= 4 is 22.6 Å². The second-order valence-electron chi connectivity index (χ2n) is 4.06. The molecule has 0 unspecified atom stereocenters. The lowest BCUT2D eigenvalue weighted by Crippen LogP contribution is -2.40. The van der Waals surface area contributed by atoms with Crippen LogP contribution in [0, 0.1) is 3.57 Å². The third-order valence-corrected chi connectivity index (χ3v) is 3.50. The van der Waals surface area contributed by atoms with Crippen molar-refractivity contribution in [3.05, 3.63) is 66.5 Å². The molecule has 0 N–H and O–H groups in total. The van der Waals surface area contributed by atoms with Crippen molar-refractivity contribution in [1.82, 2.24) is 9.13 Å². The van der Waals surface area contributed by atoms with E-state index in [9.17, 15) is 9.59 Å². The fraction of sp³-hybridized carbons (Fsp3) is 0.231. The van der Waals surface area contributed by atoms with Crippen molar-refractivity contribution in [2.45, 2.75) is 13.0 Å². The smallest absolute Gasteiger partial charge is 0.302 e. The lowest BCUT2D eigenvalue weighted by molar-refractivity contribution is 0.585. The average Bonchev–Trinajstić information content (AvgIpc) is 2.38. The highest BCUT2D eigenvalue weighted by molar-refractivity contribution is 14.1. The van der Waals surface area contributed by atoms with Gasteiger partial charge in [0.15, 0.2) is 0 Å². The normalized spacial score (nSPS) is 10.6. The van der Waals surface area contributed by atoms with Crippen LogP contribution in [0.15, 0.2) is 46.1 Å². The minimum absolute atomic E-state index is 0.213. The van der Waals surface area contributed by atoms with E-state index in [0.29, 0.717) is 16.5 Å². The molecule has 0 aliphatic rings. The molecular formula is C13H13IN2O2. The van der Waals surface area contributed by atoms with Crippen LogP contribution in [0.25, 0.3) is 0 Å². The van der Waals surface area contributed by atoms with Crippen LogP contribution in [0.1, 0.15) is 5.56 Å². The number of nitrogens with zero attached hydrogens (tertiary/aromatic N) is 2. The molecule has 0 fully saturated rings. The molecule has 0 saturated carbocycles. The van der Waals surface area contributed by atoms with Gasteiger partial charge in [0, 0.05) is 19.8 Å². The number of hydrogen-bond donors (Lipinski definition) is 0. The molecule has 18 heavy (non-hydrogen) atoms. The topological polar surface area (TPSA) is 44.0 Å². The van der Waals surface area contributed by atoms with Gasteiger partial charge in [-0.2, -0.15) is 0 Å². The SMILES string of the molecule is Cn1cc(I)c(=O)n(CCc2ccccc2)c1=O. The van der Waals surface area contributed by atoms with Gasteiger partial charge >= 0.3 is 5.69 Å². The summed E-state index contributed by atoms with van der Waals surface area (Å²) in [6.07, 6.45) is 2.24. The molecular weight excluding hydrogens is 343 g/mol. The van der Waals surface area contributed by atoms with Crippen LogP contribution in [-0.2, 0) is 20.0 Å². The summed E-state index contributed by atoms with van der Waals surface area (Å²) in [6.45, 7) is 0.409. The van der Waals surface area contributed by atoms with Crippen molar-refractivity contribution in [3.8, 4) is 0 Å². The number of aryl methyl sites for hydroxylation is 2. The van der Waals surface area contributed by atoms with E-state index in [1.54, 1.807) is 13.2 Å². The van der Waals surface area contributed by atoms with Gasteiger partial charge in [-0.3, -0.25) is 9.36 Å². The lowest BCUT2D eigenvalue weighted by atomic mass is 10.1. The quantitative estimate of drug-likeness (QED) is 0.781. The molecule has 2 aromatic rings. The standard InChI is InChI=1S/C13H13IN2O2/c1-15-9-11(14)12(17)16(13(15)18)8-7-10-5-3-2-4-6-10/h2-6,9H,7-8H2,1H3. The lowest BCUT2D eigenvalue weighted by Gasteiger charge is -2.07. The Morgan fingerprint density at radius 2 is 1.83 bits per heavy atom. The minimum Gasteiger partial charge on any atom is -0.302 e. The van der Waals surface area contributed by atoms with Gasteiger partial charge < -0.3 is 4.57 Å². The van der Waals surface area contributed by atoms with Gasteiger partial charge in [0.25, 0.3) is 5.56 Å². The molecule has 0 amide bonds. The number of hydrogen-bond acceptors (Lipinski definition) is 2. The fourth-order valence-corrected chi connectivity index (χ4v) is 2.48. The second-order valence-corrected chi connectivity index (χ2v) is 5.23. The van der Waals surface area contributed by atoms with Gasteiger partial charge in [-0.05, 0) is 34.6 Å². The van der Waals surface area contributed by atoms with Crippen molar-refractivity contribution < 1.29 is 0 Å². The molecule has 0 radical (unpaired) electrons. The first kappa shape index (κ1) is 13.1. The van der Waals surface area contributed by atoms with Crippen LogP contribution in [0.5, 0.6) is 0 Å². The van der Waals surface area contributed by atoms with Gasteiger partial charge in [0.05, 0.1) is 3.57 Å². The van der Waals surface area contributed by atoms with Gasteiger partial charge in [-0.1, -0.05) is 30.3 Å². The molecule has 1 aromatic heterocycles. The summed E-state index contributed by atoms with van der Waals surface area (Å²) in [6, 6.07) is 9.82. The Hall–Kier alpha value is -1.37. The maximum absolute atomic E-state index is 11.9. The third kappa shape index (κ3) is 2.72. The van der Waals surface area contributed by atoms with E-state index in [2.05, 4.69) is 0 Å². The van der Waals surface area contributed by atoms with E-state index < -0.39 is 0 Å². The Morgan fingerprint density at radius 1 is 1.17 bits per heavy atom.